The highest BCUT2D eigenvalue weighted by atomic mass is 79.9. The summed E-state index contributed by atoms with van der Waals surface area (Å²) in [4.78, 5) is 15.7. The maximum atomic E-state index is 13.8. The summed E-state index contributed by atoms with van der Waals surface area (Å²) < 4.78 is 54.9. The van der Waals surface area contributed by atoms with E-state index < -0.39 is 59.8 Å². The maximum Gasteiger partial charge on any atom is 0.303 e. The lowest BCUT2D eigenvalue weighted by Crippen LogP contribution is -2.56. The van der Waals surface area contributed by atoms with Crippen molar-refractivity contribution in [1.82, 2.24) is 20.0 Å². The number of aliphatic carboxylic acids is 1. The zero-order valence-electron chi connectivity index (χ0n) is 19.5. The summed E-state index contributed by atoms with van der Waals surface area (Å²) in [6.07, 6.45) is 1.12. The Labute approximate surface area is 226 Å². The van der Waals surface area contributed by atoms with E-state index in [1.54, 1.807) is 18.5 Å². The predicted molar refractivity (Wildman–Crippen MR) is 131 cm³/mol. The minimum Gasteiger partial charge on any atom is -0.481 e. The number of hydrogen-bond donors (Lipinski definition) is 3. The zero-order chi connectivity index (χ0) is 27.4. The molecule has 0 spiro atoms. The fraction of sp³-hybridized carbons (Fsp3) is 0.391. The molecule has 3 aromatic rings. The quantitative estimate of drug-likeness (QED) is 0.229. The molecular formula is C23H22BrF3N4O6S. The van der Waals surface area contributed by atoms with Crippen LogP contribution >= 0.6 is 27.7 Å². The molecular weight excluding hydrogens is 597 g/mol. The molecule has 1 aliphatic rings. The van der Waals surface area contributed by atoms with Crippen LogP contribution in [0.5, 0.6) is 0 Å². The van der Waals surface area contributed by atoms with Crippen molar-refractivity contribution < 1.29 is 42.8 Å². The monoisotopic (exact) mass is 618 g/mol. The second-order valence-corrected chi connectivity index (χ2v) is 10.4. The second kappa shape index (κ2) is 12.5. The number of hydrogen-bond acceptors (Lipinski definition) is 9. The Balaban J connectivity index is 1.68. The minimum absolute atomic E-state index is 0.00291. The van der Waals surface area contributed by atoms with Gasteiger partial charge in [-0.05, 0) is 40.5 Å². The van der Waals surface area contributed by atoms with Gasteiger partial charge >= 0.3 is 5.97 Å². The van der Waals surface area contributed by atoms with Crippen LogP contribution in [0.1, 0.15) is 18.9 Å². The third-order valence-corrected chi connectivity index (χ3v) is 7.24. The van der Waals surface area contributed by atoms with E-state index in [0.717, 1.165) is 12.1 Å². The van der Waals surface area contributed by atoms with Gasteiger partial charge in [0.05, 0.1) is 12.8 Å². The molecule has 4 rings (SSSR count). The van der Waals surface area contributed by atoms with Crippen molar-refractivity contribution >= 4 is 33.7 Å². The van der Waals surface area contributed by atoms with E-state index in [1.165, 1.54) is 22.6 Å². The number of aromatic nitrogens is 4. The highest BCUT2D eigenvalue weighted by molar-refractivity contribution is 9.10. The lowest BCUT2D eigenvalue weighted by Gasteiger charge is -2.43. The van der Waals surface area contributed by atoms with Crippen molar-refractivity contribution in [3.8, 4) is 11.3 Å². The van der Waals surface area contributed by atoms with Gasteiger partial charge < -0.3 is 24.8 Å². The van der Waals surface area contributed by atoms with Gasteiger partial charge in [0.1, 0.15) is 35.5 Å². The van der Waals surface area contributed by atoms with Gasteiger partial charge in [-0.15, -0.1) is 5.10 Å². The van der Waals surface area contributed by atoms with E-state index in [1.807, 2.05) is 0 Å². The Bertz CT molecular complexity index is 1260. The van der Waals surface area contributed by atoms with E-state index in [0.29, 0.717) is 9.37 Å². The highest BCUT2D eigenvalue weighted by Crippen LogP contribution is 2.40. The van der Waals surface area contributed by atoms with Gasteiger partial charge in [0.25, 0.3) is 0 Å². The molecule has 0 saturated carbocycles. The van der Waals surface area contributed by atoms with Gasteiger partial charge in [0.2, 0.25) is 0 Å². The molecule has 2 aromatic heterocycles. The molecule has 5 atom stereocenters. The molecule has 1 fully saturated rings. The fourth-order valence-electron chi connectivity index (χ4n) is 3.93. The molecule has 1 saturated heterocycles. The zero-order valence-corrected chi connectivity index (χ0v) is 21.9. The SMILES string of the molecule is O=C(O)CCCOC1C(Sc2cncc(Br)c2)OC(CO)C(O)C1n1cc(-c2cc(F)c(F)c(F)c2)nn1. The van der Waals surface area contributed by atoms with Crippen LogP contribution in [0.25, 0.3) is 11.3 Å². The molecule has 1 aliphatic heterocycles. The van der Waals surface area contributed by atoms with Crippen LogP contribution in [0.15, 0.2) is 46.2 Å². The summed E-state index contributed by atoms with van der Waals surface area (Å²) in [5, 5.41) is 37.9. The van der Waals surface area contributed by atoms with Crippen LogP contribution in [0.4, 0.5) is 13.2 Å². The molecule has 3 N–H and O–H groups in total. The van der Waals surface area contributed by atoms with Gasteiger partial charge in [-0.2, -0.15) is 0 Å². The summed E-state index contributed by atoms with van der Waals surface area (Å²) in [6, 6.07) is 2.30. The molecule has 204 valence electrons. The molecule has 10 nitrogen and oxygen atoms in total. The first-order valence-electron chi connectivity index (χ1n) is 11.3. The lowest BCUT2D eigenvalue weighted by molar-refractivity contribution is -0.193. The van der Waals surface area contributed by atoms with Crippen molar-refractivity contribution in [2.24, 2.45) is 0 Å². The van der Waals surface area contributed by atoms with Crippen LogP contribution in [0.2, 0.25) is 0 Å². The van der Waals surface area contributed by atoms with Crippen LogP contribution < -0.4 is 0 Å². The van der Waals surface area contributed by atoms with Crippen LogP contribution in [0, 0.1) is 17.5 Å². The first-order valence-corrected chi connectivity index (χ1v) is 13.0. The van der Waals surface area contributed by atoms with Crippen molar-refractivity contribution in [3.63, 3.8) is 0 Å². The van der Waals surface area contributed by atoms with Crippen molar-refractivity contribution in [3.05, 3.63) is 58.7 Å². The Kier molecular flexibility index (Phi) is 9.38. The topological polar surface area (TPSA) is 140 Å². The van der Waals surface area contributed by atoms with Gasteiger partial charge in [0.15, 0.2) is 17.5 Å². The van der Waals surface area contributed by atoms with Crippen molar-refractivity contribution in [2.75, 3.05) is 13.2 Å². The highest BCUT2D eigenvalue weighted by Gasteiger charge is 2.48. The van der Waals surface area contributed by atoms with Gasteiger partial charge in [-0.1, -0.05) is 17.0 Å². The number of carboxylic acids is 1. The summed E-state index contributed by atoms with van der Waals surface area (Å²) >= 11 is 4.55. The summed E-state index contributed by atoms with van der Waals surface area (Å²) in [6.45, 7) is -0.551. The van der Waals surface area contributed by atoms with Crippen LogP contribution in [-0.2, 0) is 14.3 Å². The number of rotatable bonds is 10. The van der Waals surface area contributed by atoms with Crippen molar-refractivity contribution in [1.29, 1.82) is 0 Å². The number of aliphatic hydroxyl groups excluding tert-OH is 2. The number of pyridine rings is 1. The Hall–Kier alpha value is -2.56. The molecule has 5 unspecified atom stereocenters. The summed E-state index contributed by atoms with van der Waals surface area (Å²) in [5.74, 6) is -5.43. The first-order chi connectivity index (χ1) is 18.2. The smallest absolute Gasteiger partial charge is 0.303 e. The minimum atomic E-state index is -1.62. The largest absolute Gasteiger partial charge is 0.481 e. The van der Waals surface area contributed by atoms with E-state index in [2.05, 4.69) is 31.2 Å². The maximum absolute atomic E-state index is 13.8. The number of carbonyl (C=O) groups is 1. The molecule has 38 heavy (non-hydrogen) atoms. The molecule has 1 aromatic carbocycles. The normalized spacial score (nSPS) is 23.5. The number of carboxylic acid groups (broad SMARTS) is 1. The fourth-order valence-corrected chi connectivity index (χ4v) is 5.60. The number of benzene rings is 1. The van der Waals surface area contributed by atoms with E-state index in [9.17, 15) is 28.2 Å². The average molecular weight is 619 g/mol. The third kappa shape index (κ3) is 6.52. The predicted octanol–water partition coefficient (Wildman–Crippen LogP) is 3.18. The molecule has 0 bridgehead atoms. The van der Waals surface area contributed by atoms with Crippen LogP contribution in [-0.4, -0.2) is 78.2 Å². The van der Waals surface area contributed by atoms with E-state index >= 15 is 0 Å². The first kappa shape index (κ1) is 28.4. The molecule has 0 aliphatic carbocycles. The Morgan fingerprint density at radius 2 is 1.95 bits per heavy atom. The Morgan fingerprint density at radius 3 is 2.61 bits per heavy atom. The van der Waals surface area contributed by atoms with Gasteiger partial charge in [-0.25, -0.2) is 17.9 Å². The molecule has 15 heteroatoms. The number of nitrogens with zero attached hydrogens (tertiary/aromatic N) is 4. The number of aliphatic hydroxyl groups is 2. The Morgan fingerprint density at radius 1 is 1.21 bits per heavy atom. The lowest BCUT2D eigenvalue weighted by atomic mass is 9.97. The number of ether oxygens (including phenoxy) is 2. The van der Waals surface area contributed by atoms with Crippen LogP contribution in [0.3, 0.4) is 0 Å². The number of thioether (sulfide) groups is 1. The molecule has 0 radical (unpaired) electrons. The number of halogens is 4. The van der Waals surface area contributed by atoms with Gasteiger partial charge in [0, 0.05) is 40.4 Å². The second-order valence-electron chi connectivity index (χ2n) is 8.33. The summed E-state index contributed by atoms with van der Waals surface area (Å²) in [5.41, 5.74) is -0.917. The van der Waals surface area contributed by atoms with E-state index in [4.69, 9.17) is 14.6 Å². The standard InChI is InChI=1S/C23H22BrF3N4O6S/c24-12-6-13(8-28-7-12)38-23-22(36-3-1-2-18(33)34)20(21(35)17(10-32)37-23)31-9-16(29-30-31)11-4-14(25)19(27)15(26)5-11/h4-9,17,20-23,32,35H,1-3,10H2,(H,33,34). The van der Waals surface area contributed by atoms with Gasteiger partial charge in [-0.3, -0.25) is 9.78 Å². The van der Waals surface area contributed by atoms with E-state index in [-0.39, 0.29) is 30.7 Å². The average Bonchev–Trinajstić information content (AvgIpc) is 3.36. The third-order valence-electron chi connectivity index (χ3n) is 5.70. The van der Waals surface area contributed by atoms with Crippen molar-refractivity contribution in [2.45, 2.75) is 47.5 Å². The molecule has 0 amide bonds. The summed E-state index contributed by atoms with van der Waals surface area (Å²) in [7, 11) is 0. The molecule has 3 heterocycles.